The summed E-state index contributed by atoms with van der Waals surface area (Å²) in [7, 11) is 0. The Hall–Kier alpha value is -0.350. The molecule has 0 aliphatic rings. The Kier molecular flexibility index (Phi) is 3.16. The number of rotatable bonds is 2. The van der Waals surface area contributed by atoms with Gasteiger partial charge >= 0.3 is 0 Å². The smallest absolute Gasteiger partial charge is 0.0977 e. The van der Waals surface area contributed by atoms with Crippen LogP contribution in [0.5, 0.6) is 0 Å². The molecule has 2 aromatic rings. The minimum atomic E-state index is 0.441. The molecule has 0 radical (unpaired) electrons. The van der Waals surface area contributed by atoms with E-state index in [1.54, 1.807) is 0 Å². The van der Waals surface area contributed by atoms with Gasteiger partial charge in [0.15, 0.2) is 0 Å². The summed E-state index contributed by atoms with van der Waals surface area (Å²) in [6.45, 7) is 0. The van der Waals surface area contributed by atoms with E-state index in [0.29, 0.717) is 16.4 Å². The molecular formula is C10H7Cl2NS2. The van der Waals surface area contributed by atoms with Crippen molar-refractivity contribution in [2.24, 2.45) is 5.73 Å². The molecule has 1 heterocycles. The zero-order valence-electron chi connectivity index (χ0n) is 7.59. The van der Waals surface area contributed by atoms with Crippen LogP contribution >= 0.6 is 46.8 Å². The number of hydrogen-bond acceptors (Lipinski definition) is 2. The maximum absolute atomic E-state index is 6.12. The average Bonchev–Trinajstić information content (AvgIpc) is 2.43. The standard InChI is InChI=1S/C10H7Cl2NS2/c11-5-1-2-8-6(3-5)7(4-9(13)14)10(12)15-8/h1-3H,4H2,(H2,13,14). The summed E-state index contributed by atoms with van der Waals surface area (Å²) in [5, 5.41) is 1.74. The van der Waals surface area contributed by atoms with E-state index in [1.165, 1.54) is 11.3 Å². The van der Waals surface area contributed by atoms with Gasteiger partial charge in [0.05, 0.1) is 9.32 Å². The Labute approximate surface area is 107 Å². The Morgan fingerprint density at radius 1 is 1.40 bits per heavy atom. The highest BCUT2D eigenvalue weighted by molar-refractivity contribution is 7.80. The lowest BCUT2D eigenvalue weighted by atomic mass is 10.1. The van der Waals surface area contributed by atoms with Crippen LogP contribution in [0.2, 0.25) is 9.36 Å². The molecule has 1 aromatic carbocycles. The van der Waals surface area contributed by atoms with Crippen LogP contribution in [0.25, 0.3) is 10.1 Å². The zero-order valence-corrected chi connectivity index (χ0v) is 10.7. The number of thiophene rings is 1. The minimum absolute atomic E-state index is 0.441. The van der Waals surface area contributed by atoms with E-state index in [-0.39, 0.29) is 0 Å². The first kappa shape index (κ1) is 11.1. The first-order valence-electron chi connectivity index (χ1n) is 4.22. The predicted octanol–water partition coefficient (Wildman–Crippen LogP) is 4.04. The second kappa shape index (κ2) is 4.26. The Morgan fingerprint density at radius 2 is 2.13 bits per heavy atom. The van der Waals surface area contributed by atoms with E-state index >= 15 is 0 Å². The van der Waals surface area contributed by atoms with Crippen molar-refractivity contribution in [1.82, 2.24) is 0 Å². The average molecular weight is 276 g/mol. The van der Waals surface area contributed by atoms with E-state index in [0.717, 1.165) is 20.0 Å². The quantitative estimate of drug-likeness (QED) is 0.838. The lowest BCUT2D eigenvalue weighted by molar-refractivity contribution is 1.39. The highest BCUT2D eigenvalue weighted by atomic mass is 35.5. The van der Waals surface area contributed by atoms with Crippen LogP contribution in [0.4, 0.5) is 0 Å². The van der Waals surface area contributed by atoms with E-state index in [4.69, 9.17) is 41.2 Å². The first-order chi connectivity index (χ1) is 7.08. The van der Waals surface area contributed by atoms with Crippen LogP contribution in [0.15, 0.2) is 18.2 Å². The van der Waals surface area contributed by atoms with Gasteiger partial charge < -0.3 is 5.73 Å². The highest BCUT2D eigenvalue weighted by Crippen LogP contribution is 2.36. The fourth-order valence-corrected chi connectivity index (χ4v) is 3.09. The normalized spacial score (nSPS) is 10.8. The van der Waals surface area contributed by atoms with E-state index in [2.05, 4.69) is 0 Å². The summed E-state index contributed by atoms with van der Waals surface area (Å²) in [6, 6.07) is 5.70. The number of nitrogens with two attached hydrogens (primary N) is 1. The molecular weight excluding hydrogens is 269 g/mol. The fraction of sp³-hybridized carbons (Fsp3) is 0.100. The molecule has 0 amide bonds. The molecule has 2 rings (SSSR count). The maximum atomic E-state index is 6.12. The van der Waals surface area contributed by atoms with Gasteiger partial charge in [-0.25, -0.2) is 0 Å². The van der Waals surface area contributed by atoms with Crippen LogP contribution in [0, 0.1) is 0 Å². The fourth-order valence-electron chi connectivity index (χ4n) is 1.43. The first-order valence-corrected chi connectivity index (χ1v) is 6.20. The van der Waals surface area contributed by atoms with Gasteiger partial charge in [0.25, 0.3) is 0 Å². The number of hydrogen-bond donors (Lipinski definition) is 1. The second-order valence-electron chi connectivity index (χ2n) is 3.14. The number of thiocarbonyl (C=S) groups is 1. The zero-order chi connectivity index (χ0) is 11.0. The molecule has 0 fully saturated rings. The number of benzene rings is 1. The molecule has 78 valence electrons. The van der Waals surface area contributed by atoms with Gasteiger partial charge in [-0.2, -0.15) is 0 Å². The molecule has 0 saturated heterocycles. The third-order valence-electron chi connectivity index (χ3n) is 2.05. The van der Waals surface area contributed by atoms with Crippen molar-refractivity contribution in [3.63, 3.8) is 0 Å². The predicted molar refractivity (Wildman–Crippen MR) is 72.3 cm³/mol. The van der Waals surface area contributed by atoms with Gasteiger partial charge in [-0.15, -0.1) is 11.3 Å². The molecule has 0 aliphatic carbocycles. The van der Waals surface area contributed by atoms with E-state index in [1.807, 2.05) is 18.2 Å². The second-order valence-corrected chi connectivity index (χ2v) is 5.75. The van der Waals surface area contributed by atoms with Crippen molar-refractivity contribution in [3.8, 4) is 0 Å². The van der Waals surface area contributed by atoms with Crippen molar-refractivity contribution in [2.45, 2.75) is 6.42 Å². The van der Waals surface area contributed by atoms with Crippen LogP contribution < -0.4 is 5.73 Å². The van der Waals surface area contributed by atoms with Gasteiger partial charge in [-0.3, -0.25) is 0 Å². The SMILES string of the molecule is NC(=S)Cc1c(Cl)sc2ccc(Cl)cc12. The van der Waals surface area contributed by atoms with Gasteiger partial charge in [0.1, 0.15) is 0 Å². The van der Waals surface area contributed by atoms with Crippen LogP contribution in [0.1, 0.15) is 5.56 Å². The van der Waals surface area contributed by atoms with Crippen molar-refractivity contribution in [2.75, 3.05) is 0 Å². The van der Waals surface area contributed by atoms with Crippen molar-refractivity contribution >= 4 is 61.8 Å². The van der Waals surface area contributed by atoms with Crippen molar-refractivity contribution in [3.05, 3.63) is 33.1 Å². The van der Waals surface area contributed by atoms with Gasteiger partial charge in [0.2, 0.25) is 0 Å². The Morgan fingerprint density at radius 3 is 2.80 bits per heavy atom. The molecule has 0 atom stereocenters. The largest absolute Gasteiger partial charge is 0.393 e. The van der Waals surface area contributed by atoms with E-state index in [9.17, 15) is 0 Å². The van der Waals surface area contributed by atoms with Crippen molar-refractivity contribution in [1.29, 1.82) is 0 Å². The molecule has 0 unspecified atom stereocenters. The van der Waals surface area contributed by atoms with Crippen molar-refractivity contribution < 1.29 is 0 Å². The molecule has 0 spiro atoms. The highest BCUT2D eigenvalue weighted by Gasteiger charge is 2.11. The van der Waals surface area contributed by atoms with Crippen LogP contribution in [-0.2, 0) is 6.42 Å². The molecule has 1 nitrogen and oxygen atoms in total. The maximum Gasteiger partial charge on any atom is 0.0977 e. The lowest BCUT2D eigenvalue weighted by Crippen LogP contribution is -2.10. The number of fused-ring (bicyclic) bond motifs is 1. The summed E-state index contributed by atoms with van der Waals surface area (Å²) in [5.41, 5.74) is 6.50. The molecule has 2 N–H and O–H groups in total. The van der Waals surface area contributed by atoms with Gasteiger partial charge in [0, 0.05) is 16.1 Å². The number of halogens is 2. The van der Waals surface area contributed by atoms with E-state index < -0.39 is 0 Å². The summed E-state index contributed by atoms with van der Waals surface area (Å²) in [5.74, 6) is 0. The third-order valence-corrected chi connectivity index (χ3v) is 3.90. The Balaban J connectivity index is 2.65. The van der Waals surface area contributed by atoms with Gasteiger partial charge in [-0.05, 0) is 29.1 Å². The lowest BCUT2D eigenvalue weighted by Gasteiger charge is -1.98. The summed E-state index contributed by atoms with van der Waals surface area (Å²) in [6.07, 6.45) is 0.522. The summed E-state index contributed by atoms with van der Waals surface area (Å²) in [4.78, 5) is 0.441. The monoisotopic (exact) mass is 275 g/mol. The minimum Gasteiger partial charge on any atom is -0.393 e. The molecule has 0 bridgehead atoms. The van der Waals surface area contributed by atoms with Crippen LogP contribution in [0.3, 0.4) is 0 Å². The molecule has 1 aromatic heterocycles. The molecule has 0 saturated carbocycles. The third kappa shape index (κ3) is 2.26. The molecule has 0 aliphatic heterocycles. The van der Waals surface area contributed by atoms with Gasteiger partial charge in [-0.1, -0.05) is 35.4 Å². The topological polar surface area (TPSA) is 26.0 Å². The summed E-state index contributed by atoms with van der Waals surface area (Å²) < 4.78 is 1.84. The Bertz CT molecular complexity index is 533. The molecule has 15 heavy (non-hydrogen) atoms. The molecule has 5 heteroatoms. The summed E-state index contributed by atoms with van der Waals surface area (Å²) >= 11 is 18.5. The van der Waals surface area contributed by atoms with Crippen LogP contribution in [-0.4, -0.2) is 4.99 Å².